The van der Waals surface area contributed by atoms with Crippen molar-refractivity contribution in [1.82, 2.24) is 5.32 Å². The van der Waals surface area contributed by atoms with Crippen LogP contribution in [0.3, 0.4) is 0 Å². The van der Waals surface area contributed by atoms with Gasteiger partial charge in [0, 0.05) is 5.92 Å². The van der Waals surface area contributed by atoms with E-state index in [1.54, 1.807) is 0 Å². The first-order chi connectivity index (χ1) is 9.04. The summed E-state index contributed by atoms with van der Waals surface area (Å²) in [6, 6.07) is 0.462. The van der Waals surface area contributed by atoms with E-state index in [-0.39, 0.29) is 17.3 Å². The molecule has 3 rings (SSSR count). The molecule has 1 heterocycles. The van der Waals surface area contributed by atoms with Crippen LogP contribution in [0.25, 0.3) is 0 Å². The van der Waals surface area contributed by atoms with Crippen molar-refractivity contribution in [3.63, 3.8) is 0 Å². The highest BCUT2D eigenvalue weighted by Gasteiger charge is 2.41. The molecule has 0 radical (unpaired) electrons. The van der Waals surface area contributed by atoms with E-state index in [1.807, 2.05) is 0 Å². The molecule has 0 aromatic carbocycles. The third kappa shape index (κ3) is 2.91. The number of hydrogen-bond acceptors (Lipinski definition) is 5. The maximum absolute atomic E-state index is 9.41. The van der Waals surface area contributed by atoms with Gasteiger partial charge in [-0.3, -0.25) is 4.99 Å². The Morgan fingerprint density at radius 1 is 1.00 bits per heavy atom. The van der Waals surface area contributed by atoms with Crippen LogP contribution >= 0.6 is 10.9 Å². The lowest BCUT2D eigenvalue weighted by Crippen LogP contribution is -2.44. The molecule has 19 heavy (non-hydrogen) atoms. The van der Waals surface area contributed by atoms with Gasteiger partial charge in [-0.25, -0.2) is 0 Å². The van der Waals surface area contributed by atoms with E-state index in [1.165, 1.54) is 32.1 Å². The zero-order valence-corrected chi connectivity index (χ0v) is 12.0. The second-order valence-corrected chi connectivity index (χ2v) is 7.95. The van der Waals surface area contributed by atoms with Crippen LogP contribution in [0.5, 0.6) is 0 Å². The summed E-state index contributed by atoms with van der Waals surface area (Å²) < 4.78 is 28.2. The molecule has 0 amide bonds. The standard InChI is InChI=1S/C13H24N2O3S/c16-19(17,18)10-6-7-11-12(8-10)15-13(14-11)9-4-2-1-3-5-9/h9-12,16-18H,1-8H2,(H,14,15). The van der Waals surface area contributed by atoms with Crippen LogP contribution in [-0.2, 0) is 0 Å². The van der Waals surface area contributed by atoms with Gasteiger partial charge in [-0.2, -0.15) is 0 Å². The highest BCUT2D eigenvalue weighted by Crippen LogP contribution is 2.47. The Bertz CT molecular complexity index is 363. The average Bonchev–Trinajstić information content (AvgIpc) is 2.81. The molecule has 2 saturated carbocycles. The first-order valence-corrected chi connectivity index (χ1v) is 8.94. The lowest BCUT2D eigenvalue weighted by molar-refractivity contribution is 0.314. The quantitative estimate of drug-likeness (QED) is 0.629. The Morgan fingerprint density at radius 3 is 2.42 bits per heavy atom. The van der Waals surface area contributed by atoms with Gasteiger partial charge >= 0.3 is 0 Å². The summed E-state index contributed by atoms with van der Waals surface area (Å²) in [5.41, 5.74) is 0. The van der Waals surface area contributed by atoms with Crippen LogP contribution in [0.1, 0.15) is 51.4 Å². The number of nitrogens with one attached hydrogen (secondary N) is 1. The van der Waals surface area contributed by atoms with Gasteiger partial charge in [0.1, 0.15) is 5.84 Å². The van der Waals surface area contributed by atoms with Gasteiger partial charge in [-0.15, -0.1) is 0 Å². The van der Waals surface area contributed by atoms with Crippen molar-refractivity contribution in [2.45, 2.75) is 68.7 Å². The van der Waals surface area contributed by atoms with Crippen LogP contribution in [0.4, 0.5) is 0 Å². The molecule has 3 aliphatic rings. The molecule has 6 heteroatoms. The summed E-state index contributed by atoms with van der Waals surface area (Å²) >= 11 is 0. The Morgan fingerprint density at radius 2 is 1.74 bits per heavy atom. The average molecular weight is 288 g/mol. The summed E-state index contributed by atoms with van der Waals surface area (Å²) in [5.74, 6) is 1.72. The Labute approximate surface area is 116 Å². The second kappa shape index (κ2) is 5.24. The van der Waals surface area contributed by atoms with E-state index in [4.69, 9.17) is 4.99 Å². The van der Waals surface area contributed by atoms with Crippen molar-refractivity contribution in [3.8, 4) is 0 Å². The molecular weight excluding hydrogens is 264 g/mol. The van der Waals surface area contributed by atoms with Crippen molar-refractivity contribution >= 4 is 16.7 Å². The first kappa shape index (κ1) is 13.7. The summed E-state index contributed by atoms with van der Waals surface area (Å²) in [5, 5.41) is 3.11. The molecule has 3 unspecified atom stereocenters. The minimum atomic E-state index is -3.40. The highest BCUT2D eigenvalue weighted by atomic mass is 32.3. The molecule has 2 fully saturated rings. The maximum Gasteiger partial charge on any atom is 0.100 e. The number of nitrogens with zero attached hydrogens (tertiary/aromatic N) is 1. The lowest BCUT2D eigenvalue weighted by Gasteiger charge is -2.37. The van der Waals surface area contributed by atoms with Gasteiger partial charge in [0.15, 0.2) is 0 Å². The smallest absolute Gasteiger partial charge is 0.100 e. The predicted octanol–water partition coefficient (Wildman–Crippen LogP) is 3.08. The molecular formula is C13H24N2O3S. The fourth-order valence-corrected chi connectivity index (χ4v) is 4.64. The largest absolute Gasteiger partial charge is 0.369 e. The summed E-state index contributed by atoms with van der Waals surface area (Å²) in [6.45, 7) is 0. The summed E-state index contributed by atoms with van der Waals surface area (Å²) in [6.07, 6.45) is 8.49. The molecule has 2 aliphatic carbocycles. The van der Waals surface area contributed by atoms with E-state index in [0.29, 0.717) is 18.8 Å². The van der Waals surface area contributed by atoms with E-state index in [2.05, 4.69) is 5.32 Å². The van der Waals surface area contributed by atoms with Crippen molar-refractivity contribution in [2.24, 2.45) is 10.9 Å². The molecule has 0 spiro atoms. The lowest BCUT2D eigenvalue weighted by atomic mass is 9.88. The van der Waals surface area contributed by atoms with Crippen molar-refractivity contribution < 1.29 is 13.7 Å². The Hall–Kier alpha value is -0.300. The van der Waals surface area contributed by atoms with Gasteiger partial charge in [-0.05, 0) is 32.1 Å². The molecule has 110 valence electrons. The van der Waals surface area contributed by atoms with Gasteiger partial charge in [0.25, 0.3) is 0 Å². The molecule has 0 saturated heterocycles. The van der Waals surface area contributed by atoms with Gasteiger partial charge in [0.05, 0.1) is 28.2 Å². The number of aliphatic imine (C=N–C) groups is 1. The number of hydrogen-bond donors (Lipinski definition) is 4. The summed E-state index contributed by atoms with van der Waals surface area (Å²) in [7, 11) is -3.40. The zero-order valence-electron chi connectivity index (χ0n) is 11.2. The molecule has 4 N–H and O–H groups in total. The van der Waals surface area contributed by atoms with Crippen LogP contribution in [0.2, 0.25) is 0 Å². The van der Waals surface area contributed by atoms with Crippen molar-refractivity contribution in [2.75, 3.05) is 0 Å². The minimum Gasteiger partial charge on any atom is -0.369 e. The van der Waals surface area contributed by atoms with Crippen molar-refractivity contribution in [3.05, 3.63) is 0 Å². The Kier molecular flexibility index (Phi) is 3.77. The molecule has 0 aromatic rings. The van der Waals surface area contributed by atoms with E-state index < -0.39 is 10.9 Å². The third-order valence-electron chi connectivity index (χ3n) is 4.84. The highest BCUT2D eigenvalue weighted by molar-refractivity contribution is 8.19. The van der Waals surface area contributed by atoms with Gasteiger partial charge in [-0.1, -0.05) is 19.3 Å². The van der Waals surface area contributed by atoms with Crippen molar-refractivity contribution in [1.29, 1.82) is 0 Å². The van der Waals surface area contributed by atoms with Gasteiger partial charge in [0.2, 0.25) is 0 Å². The predicted molar refractivity (Wildman–Crippen MR) is 77.8 cm³/mol. The summed E-state index contributed by atoms with van der Waals surface area (Å²) in [4.78, 5) is 4.82. The normalized spacial score (nSPS) is 37.4. The molecule has 1 aliphatic heterocycles. The topological polar surface area (TPSA) is 85.1 Å². The SMILES string of the molecule is OS(O)(O)C1CCC2N=C(C3CCCCC3)NC2C1. The van der Waals surface area contributed by atoms with Crippen LogP contribution < -0.4 is 5.32 Å². The van der Waals surface area contributed by atoms with E-state index >= 15 is 0 Å². The Balaban J connectivity index is 1.62. The fraction of sp³-hybridized carbons (Fsp3) is 0.923. The van der Waals surface area contributed by atoms with Gasteiger partial charge < -0.3 is 19.0 Å². The van der Waals surface area contributed by atoms with Crippen LogP contribution in [-0.4, -0.2) is 36.8 Å². The van der Waals surface area contributed by atoms with Crippen LogP contribution in [0, 0.1) is 5.92 Å². The van der Waals surface area contributed by atoms with E-state index in [0.717, 1.165) is 12.3 Å². The van der Waals surface area contributed by atoms with E-state index in [9.17, 15) is 13.7 Å². The first-order valence-electron chi connectivity index (χ1n) is 7.38. The number of amidine groups is 1. The minimum absolute atomic E-state index is 0.189. The monoisotopic (exact) mass is 288 g/mol. The fourth-order valence-electron chi connectivity index (χ4n) is 3.72. The molecule has 0 aromatic heterocycles. The number of rotatable bonds is 2. The molecule has 0 bridgehead atoms. The van der Waals surface area contributed by atoms with Crippen LogP contribution in [0.15, 0.2) is 4.99 Å². The zero-order chi connectivity index (χ0) is 13.5. The molecule has 5 nitrogen and oxygen atoms in total. The third-order valence-corrected chi connectivity index (χ3v) is 6.17. The molecule has 3 atom stereocenters. The number of fused-ring (bicyclic) bond motifs is 1. The second-order valence-electron chi connectivity index (χ2n) is 6.16. The maximum atomic E-state index is 9.41.